The molecule has 7 aromatic carbocycles. The van der Waals surface area contributed by atoms with E-state index in [0.29, 0.717) is 0 Å². The quantitative estimate of drug-likeness (QED) is 0.185. The summed E-state index contributed by atoms with van der Waals surface area (Å²) in [7, 11) is 0. The van der Waals surface area contributed by atoms with Gasteiger partial charge in [-0.05, 0) is 88.0 Å². The summed E-state index contributed by atoms with van der Waals surface area (Å²) in [4.78, 5) is 2.52. The van der Waals surface area contributed by atoms with Crippen LogP contribution in [-0.2, 0) is 0 Å². The first-order valence-corrected chi connectivity index (χ1v) is 17.7. The van der Waals surface area contributed by atoms with Crippen molar-refractivity contribution in [2.75, 3.05) is 4.90 Å². The van der Waals surface area contributed by atoms with Crippen molar-refractivity contribution in [3.63, 3.8) is 0 Å². The largest absolute Gasteiger partial charge is 0.456 e. The summed E-state index contributed by atoms with van der Waals surface area (Å²) in [6.07, 6.45) is 5.82. The first kappa shape index (κ1) is 28.1. The third-order valence-electron chi connectivity index (χ3n) is 9.97. The first-order valence-electron chi connectivity index (χ1n) is 16.9. The van der Waals surface area contributed by atoms with Crippen molar-refractivity contribution >= 4 is 86.7 Å². The summed E-state index contributed by atoms with van der Waals surface area (Å²) in [5.41, 5.74) is 9.21. The fraction of sp³-hybridized carbons (Fsp3) is 0.0435. The van der Waals surface area contributed by atoms with Crippen LogP contribution in [0, 0.1) is 0 Å². The Labute approximate surface area is 288 Å². The Morgan fingerprint density at radius 1 is 0.510 bits per heavy atom. The van der Waals surface area contributed by atoms with Crippen LogP contribution in [0.5, 0.6) is 0 Å². The van der Waals surface area contributed by atoms with E-state index in [4.69, 9.17) is 4.42 Å². The van der Waals surface area contributed by atoms with Gasteiger partial charge in [-0.25, -0.2) is 0 Å². The van der Waals surface area contributed by atoms with Gasteiger partial charge >= 0.3 is 0 Å². The van der Waals surface area contributed by atoms with Gasteiger partial charge in [0.15, 0.2) is 0 Å². The van der Waals surface area contributed by atoms with Crippen molar-refractivity contribution in [1.82, 2.24) is 0 Å². The number of rotatable bonds is 5. The Kier molecular flexibility index (Phi) is 6.53. The standard InChI is InChI=1S/C46H31NOS/c1-3-11-30(12-4-1)40-28-34(47(33-13-5-2-6-14-33)35-23-25-38-37-15-8-10-18-44(37)49-45(38)29-35)22-24-36(40)32-20-19-31-21-26-43-46(41(31)27-32)39-16-7-9-17-42(39)48-43/h1-21,23-29,34H,22H2. The molecule has 9 aromatic rings. The molecule has 49 heavy (non-hydrogen) atoms. The molecule has 0 aliphatic heterocycles. The van der Waals surface area contributed by atoms with Crippen molar-refractivity contribution in [3.05, 3.63) is 181 Å². The zero-order chi connectivity index (χ0) is 32.3. The van der Waals surface area contributed by atoms with Gasteiger partial charge in [-0.15, -0.1) is 11.3 Å². The van der Waals surface area contributed by atoms with E-state index >= 15 is 0 Å². The van der Waals surface area contributed by atoms with E-state index in [2.05, 4.69) is 169 Å². The zero-order valence-corrected chi connectivity index (χ0v) is 27.5. The number of anilines is 2. The van der Waals surface area contributed by atoms with Gasteiger partial charge in [0.1, 0.15) is 11.2 Å². The second-order valence-electron chi connectivity index (χ2n) is 12.8. The Bertz CT molecular complexity index is 2750. The van der Waals surface area contributed by atoms with Gasteiger partial charge in [0.25, 0.3) is 0 Å². The molecule has 0 N–H and O–H groups in total. The van der Waals surface area contributed by atoms with Gasteiger partial charge in [-0.2, -0.15) is 0 Å². The molecule has 2 aromatic heterocycles. The molecule has 2 heterocycles. The second-order valence-corrected chi connectivity index (χ2v) is 13.9. The van der Waals surface area contributed by atoms with Crippen LogP contribution < -0.4 is 4.90 Å². The minimum Gasteiger partial charge on any atom is -0.456 e. The molecule has 232 valence electrons. The summed E-state index contributed by atoms with van der Waals surface area (Å²) in [6, 6.07) is 57.1. The molecule has 1 atom stereocenters. The van der Waals surface area contributed by atoms with Crippen molar-refractivity contribution in [2.24, 2.45) is 0 Å². The van der Waals surface area contributed by atoms with Crippen molar-refractivity contribution < 1.29 is 4.42 Å². The number of thiophene rings is 1. The van der Waals surface area contributed by atoms with Crippen LogP contribution in [0.2, 0.25) is 0 Å². The minimum absolute atomic E-state index is 0.123. The molecular weight excluding hydrogens is 615 g/mol. The Morgan fingerprint density at radius 3 is 2.12 bits per heavy atom. The van der Waals surface area contributed by atoms with E-state index in [0.717, 1.165) is 23.0 Å². The number of hydrogen-bond donors (Lipinski definition) is 0. The van der Waals surface area contributed by atoms with Gasteiger partial charge in [0.05, 0.1) is 6.04 Å². The molecule has 0 amide bonds. The van der Waals surface area contributed by atoms with E-state index in [9.17, 15) is 0 Å². The molecule has 0 radical (unpaired) electrons. The molecule has 0 spiro atoms. The average Bonchev–Trinajstić information content (AvgIpc) is 3.74. The number of allylic oxidation sites excluding steroid dienone is 2. The number of para-hydroxylation sites is 2. The van der Waals surface area contributed by atoms with Gasteiger partial charge in [-0.1, -0.05) is 121 Å². The lowest BCUT2D eigenvalue weighted by Crippen LogP contribution is -2.30. The van der Waals surface area contributed by atoms with Crippen LogP contribution in [0.1, 0.15) is 17.5 Å². The molecule has 1 unspecified atom stereocenters. The molecule has 2 nitrogen and oxygen atoms in total. The number of nitrogens with zero attached hydrogens (tertiary/aromatic N) is 1. The summed E-state index contributed by atoms with van der Waals surface area (Å²) >= 11 is 1.87. The second kappa shape index (κ2) is 11.4. The fourth-order valence-electron chi connectivity index (χ4n) is 7.72. The summed E-state index contributed by atoms with van der Waals surface area (Å²) in [6.45, 7) is 0. The predicted octanol–water partition coefficient (Wildman–Crippen LogP) is 13.2. The maximum atomic E-state index is 6.27. The fourth-order valence-corrected chi connectivity index (χ4v) is 8.86. The molecule has 3 heteroatoms. The highest BCUT2D eigenvalue weighted by molar-refractivity contribution is 7.25. The molecule has 1 aliphatic carbocycles. The zero-order valence-electron chi connectivity index (χ0n) is 26.7. The lowest BCUT2D eigenvalue weighted by molar-refractivity contribution is 0.669. The lowest BCUT2D eigenvalue weighted by Gasteiger charge is -2.35. The van der Waals surface area contributed by atoms with E-state index in [1.165, 1.54) is 70.0 Å². The first-order chi connectivity index (χ1) is 24.3. The summed E-state index contributed by atoms with van der Waals surface area (Å²) in [5, 5.41) is 7.42. The average molecular weight is 646 g/mol. The lowest BCUT2D eigenvalue weighted by atomic mass is 9.84. The Balaban J connectivity index is 1.13. The molecule has 0 bridgehead atoms. The topological polar surface area (TPSA) is 16.4 Å². The number of benzene rings is 7. The molecule has 10 rings (SSSR count). The van der Waals surface area contributed by atoms with Gasteiger partial charge < -0.3 is 9.32 Å². The van der Waals surface area contributed by atoms with Crippen molar-refractivity contribution in [1.29, 1.82) is 0 Å². The SMILES string of the molecule is C1=C(c2ccccc2)C(c2ccc3ccc4oc5ccccc5c4c3c2)=CCC1N(c1ccccc1)c1ccc2c(c1)sc1ccccc12. The Hall–Kier alpha value is -5.90. The third-order valence-corrected chi connectivity index (χ3v) is 11.1. The predicted molar refractivity (Wildman–Crippen MR) is 210 cm³/mol. The monoisotopic (exact) mass is 645 g/mol. The van der Waals surface area contributed by atoms with Crippen LogP contribution in [0.4, 0.5) is 11.4 Å². The number of hydrogen-bond acceptors (Lipinski definition) is 3. The van der Waals surface area contributed by atoms with E-state index in [1.807, 2.05) is 17.4 Å². The van der Waals surface area contributed by atoms with E-state index in [1.54, 1.807) is 0 Å². The highest BCUT2D eigenvalue weighted by atomic mass is 32.1. The highest BCUT2D eigenvalue weighted by Crippen LogP contribution is 2.43. The molecular formula is C46H31NOS. The summed E-state index contributed by atoms with van der Waals surface area (Å²) < 4.78 is 8.91. The molecule has 0 saturated heterocycles. The maximum Gasteiger partial charge on any atom is 0.136 e. The third kappa shape index (κ3) is 4.69. The van der Waals surface area contributed by atoms with E-state index in [-0.39, 0.29) is 6.04 Å². The van der Waals surface area contributed by atoms with Gasteiger partial charge in [0, 0.05) is 42.3 Å². The molecule has 0 fully saturated rings. The minimum atomic E-state index is 0.123. The van der Waals surface area contributed by atoms with E-state index < -0.39 is 0 Å². The van der Waals surface area contributed by atoms with Crippen LogP contribution in [-0.4, -0.2) is 6.04 Å². The number of furan rings is 1. The van der Waals surface area contributed by atoms with Crippen molar-refractivity contribution in [3.8, 4) is 0 Å². The van der Waals surface area contributed by atoms with Crippen molar-refractivity contribution in [2.45, 2.75) is 12.5 Å². The smallest absolute Gasteiger partial charge is 0.136 e. The highest BCUT2D eigenvalue weighted by Gasteiger charge is 2.26. The maximum absolute atomic E-state index is 6.27. The van der Waals surface area contributed by atoms with Gasteiger partial charge in [-0.3, -0.25) is 0 Å². The molecule has 0 saturated carbocycles. The van der Waals surface area contributed by atoms with Crippen LogP contribution in [0.25, 0.3) is 64.0 Å². The summed E-state index contributed by atoms with van der Waals surface area (Å²) in [5.74, 6) is 0. The van der Waals surface area contributed by atoms with Gasteiger partial charge in [0.2, 0.25) is 0 Å². The number of fused-ring (bicyclic) bond motifs is 8. The molecule has 1 aliphatic rings. The van der Waals surface area contributed by atoms with Crippen LogP contribution in [0.15, 0.2) is 174 Å². The Morgan fingerprint density at radius 2 is 1.24 bits per heavy atom. The van der Waals surface area contributed by atoms with Crippen LogP contribution in [0.3, 0.4) is 0 Å². The van der Waals surface area contributed by atoms with Crippen LogP contribution >= 0.6 is 11.3 Å². The normalized spacial score (nSPS) is 14.9.